The standard InChI is InChI=1S/C19H24N4O4S/c1-4-27-13-6-5-7-14-18(13)20-19(28-14)22(11-10-21(2)3)17(26)12-23-15(24)8-9-16(23)25/h5-7H,4,8-12H2,1-3H3. The highest BCUT2D eigenvalue weighted by molar-refractivity contribution is 7.22. The summed E-state index contributed by atoms with van der Waals surface area (Å²) in [5, 5.41) is 0.535. The van der Waals surface area contributed by atoms with Gasteiger partial charge >= 0.3 is 0 Å². The molecule has 1 saturated heterocycles. The molecule has 0 unspecified atom stereocenters. The molecule has 2 aromatic rings. The van der Waals surface area contributed by atoms with Crippen molar-refractivity contribution >= 4 is 44.4 Å². The van der Waals surface area contributed by atoms with Crippen LogP contribution in [0.3, 0.4) is 0 Å². The SMILES string of the molecule is CCOc1cccc2sc(N(CCN(C)C)C(=O)CN3C(=O)CCC3=O)nc12. The number of hydrogen-bond donors (Lipinski definition) is 0. The minimum atomic E-state index is -0.317. The van der Waals surface area contributed by atoms with Crippen molar-refractivity contribution < 1.29 is 19.1 Å². The van der Waals surface area contributed by atoms with Gasteiger partial charge in [-0.2, -0.15) is 0 Å². The number of thiazole rings is 1. The average molecular weight is 404 g/mol. The van der Waals surface area contributed by atoms with E-state index in [-0.39, 0.29) is 37.1 Å². The smallest absolute Gasteiger partial charge is 0.248 e. The molecule has 0 N–H and O–H groups in total. The van der Waals surface area contributed by atoms with Crippen molar-refractivity contribution in [2.45, 2.75) is 19.8 Å². The summed E-state index contributed by atoms with van der Waals surface area (Å²) in [6.07, 6.45) is 0.339. The molecule has 1 aliphatic heterocycles. The number of nitrogens with zero attached hydrogens (tertiary/aromatic N) is 4. The third kappa shape index (κ3) is 4.31. The normalized spacial score (nSPS) is 14.4. The lowest BCUT2D eigenvalue weighted by Gasteiger charge is -2.24. The fourth-order valence-electron chi connectivity index (χ4n) is 2.95. The largest absolute Gasteiger partial charge is 0.492 e. The molecule has 9 heteroatoms. The first kappa shape index (κ1) is 20.2. The average Bonchev–Trinajstić information content (AvgIpc) is 3.21. The summed E-state index contributed by atoms with van der Waals surface area (Å²) in [6, 6.07) is 5.67. The van der Waals surface area contributed by atoms with E-state index in [1.807, 2.05) is 44.1 Å². The van der Waals surface area contributed by atoms with Crippen LogP contribution in [-0.2, 0) is 14.4 Å². The first-order valence-corrected chi connectivity index (χ1v) is 10.0. The highest BCUT2D eigenvalue weighted by Crippen LogP contribution is 2.34. The summed E-state index contributed by atoms with van der Waals surface area (Å²) in [5.41, 5.74) is 0.709. The quantitative estimate of drug-likeness (QED) is 0.623. The number of likely N-dealkylation sites (tertiary alicyclic amines) is 1. The van der Waals surface area contributed by atoms with Crippen LogP contribution in [0.1, 0.15) is 19.8 Å². The third-order valence-corrected chi connectivity index (χ3v) is 5.47. The molecule has 0 radical (unpaired) electrons. The highest BCUT2D eigenvalue weighted by atomic mass is 32.1. The Hall–Kier alpha value is -2.52. The number of anilines is 1. The van der Waals surface area contributed by atoms with E-state index in [9.17, 15) is 14.4 Å². The number of likely N-dealkylation sites (N-methyl/N-ethyl adjacent to an activating group) is 1. The number of amides is 3. The summed E-state index contributed by atoms with van der Waals surface area (Å²) in [6.45, 7) is 3.21. The summed E-state index contributed by atoms with van der Waals surface area (Å²) in [5.74, 6) is -0.238. The molecule has 150 valence electrons. The molecule has 1 aromatic heterocycles. The zero-order valence-electron chi connectivity index (χ0n) is 16.3. The molecule has 1 aliphatic rings. The summed E-state index contributed by atoms with van der Waals surface area (Å²) < 4.78 is 6.56. The van der Waals surface area contributed by atoms with Crippen LogP contribution in [0.25, 0.3) is 10.2 Å². The molecule has 1 aromatic carbocycles. The lowest BCUT2D eigenvalue weighted by atomic mass is 10.3. The Balaban J connectivity index is 1.90. The zero-order chi connectivity index (χ0) is 20.3. The van der Waals surface area contributed by atoms with Gasteiger partial charge in [0, 0.05) is 25.9 Å². The van der Waals surface area contributed by atoms with E-state index < -0.39 is 0 Å². The van der Waals surface area contributed by atoms with Crippen LogP contribution in [0.4, 0.5) is 5.13 Å². The molecule has 8 nitrogen and oxygen atoms in total. The molecule has 3 rings (SSSR count). The lowest BCUT2D eigenvalue weighted by molar-refractivity contribution is -0.141. The van der Waals surface area contributed by atoms with Crippen molar-refractivity contribution in [2.75, 3.05) is 45.2 Å². The Morgan fingerprint density at radius 2 is 1.93 bits per heavy atom. The Morgan fingerprint density at radius 1 is 1.21 bits per heavy atom. The third-order valence-electron chi connectivity index (χ3n) is 4.42. The molecule has 0 saturated carbocycles. The number of carbonyl (C=O) groups is 3. The van der Waals surface area contributed by atoms with Crippen molar-refractivity contribution in [3.63, 3.8) is 0 Å². The van der Waals surface area contributed by atoms with Gasteiger partial charge in [-0.3, -0.25) is 24.2 Å². The predicted molar refractivity (Wildman–Crippen MR) is 108 cm³/mol. The molecular weight excluding hydrogens is 380 g/mol. The molecule has 28 heavy (non-hydrogen) atoms. The van der Waals surface area contributed by atoms with Crippen molar-refractivity contribution in [3.05, 3.63) is 18.2 Å². The van der Waals surface area contributed by atoms with Gasteiger partial charge < -0.3 is 9.64 Å². The summed E-state index contributed by atoms with van der Waals surface area (Å²) in [7, 11) is 3.84. The van der Waals surface area contributed by atoms with Gasteiger partial charge in [0.2, 0.25) is 17.7 Å². The number of fused-ring (bicyclic) bond motifs is 1. The van der Waals surface area contributed by atoms with E-state index >= 15 is 0 Å². The molecule has 3 amide bonds. The van der Waals surface area contributed by atoms with Gasteiger partial charge in [0.05, 0.1) is 11.3 Å². The number of imide groups is 1. The van der Waals surface area contributed by atoms with Crippen molar-refractivity contribution in [2.24, 2.45) is 0 Å². The van der Waals surface area contributed by atoms with E-state index in [0.29, 0.717) is 36.1 Å². The van der Waals surface area contributed by atoms with Gasteiger partial charge in [0.15, 0.2) is 5.13 Å². The van der Waals surface area contributed by atoms with Crippen LogP contribution < -0.4 is 9.64 Å². The second kappa shape index (κ2) is 8.66. The van der Waals surface area contributed by atoms with E-state index in [2.05, 4.69) is 4.98 Å². The van der Waals surface area contributed by atoms with Crippen LogP contribution in [0, 0.1) is 0 Å². The second-order valence-corrected chi connectivity index (χ2v) is 7.76. The predicted octanol–water partition coefficient (Wildman–Crippen LogP) is 1.74. The number of carbonyl (C=O) groups excluding carboxylic acids is 3. The lowest BCUT2D eigenvalue weighted by Crippen LogP contribution is -2.44. The fourth-order valence-corrected chi connectivity index (χ4v) is 3.97. The first-order valence-electron chi connectivity index (χ1n) is 9.21. The van der Waals surface area contributed by atoms with E-state index in [0.717, 1.165) is 9.60 Å². The topological polar surface area (TPSA) is 83.0 Å². The molecule has 0 bridgehead atoms. The van der Waals surface area contributed by atoms with Crippen molar-refractivity contribution in [3.8, 4) is 5.75 Å². The number of ether oxygens (including phenoxy) is 1. The maximum atomic E-state index is 13.0. The Labute approximate surface area is 167 Å². The van der Waals surface area contributed by atoms with E-state index in [1.165, 1.54) is 11.3 Å². The Kier molecular flexibility index (Phi) is 6.25. The minimum Gasteiger partial charge on any atom is -0.492 e. The summed E-state index contributed by atoms with van der Waals surface area (Å²) in [4.78, 5) is 46.0. The van der Waals surface area contributed by atoms with Gasteiger partial charge in [0.25, 0.3) is 0 Å². The van der Waals surface area contributed by atoms with Gasteiger partial charge in [-0.05, 0) is 33.2 Å². The number of rotatable bonds is 8. The van der Waals surface area contributed by atoms with Gasteiger partial charge in [-0.15, -0.1) is 0 Å². The second-order valence-electron chi connectivity index (χ2n) is 6.75. The highest BCUT2D eigenvalue weighted by Gasteiger charge is 2.32. The van der Waals surface area contributed by atoms with Gasteiger partial charge in [0.1, 0.15) is 17.8 Å². The monoisotopic (exact) mass is 404 g/mol. The van der Waals surface area contributed by atoms with Crippen molar-refractivity contribution in [1.29, 1.82) is 0 Å². The van der Waals surface area contributed by atoms with E-state index in [1.54, 1.807) is 4.90 Å². The maximum Gasteiger partial charge on any atom is 0.248 e. The van der Waals surface area contributed by atoms with Crippen LogP contribution in [-0.4, -0.2) is 72.8 Å². The zero-order valence-corrected chi connectivity index (χ0v) is 17.1. The number of hydrogen-bond acceptors (Lipinski definition) is 7. The molecular formula is C19H24N4O4S. The fraction of sp³-hybridized carbons (Fsp3) is 0.474. The molecule has 0 spiro atoms. The van der Waals surface area contributed by atoms with Crippen LogP contribution in [0.15, 0.2) is 18.2 Å². The van der Waals surface area contributed by atoms with Crippen molar-refractivity contribution in [1.82, 2.24) is 14.8 Å². The van der Waals surface area contributed by atoms with Crippen LogP contribution >= 0.6 is 11.3 Å². The molecule has 1 fully saturated rings. The molecule has 0 aliphatic carbocycles. The number of para-hydroxylation sites is 1. The first-order chi connectivity index (χ1) is 13.4. The molecule has 0 atom stereocenters. The van der Waals surface area contributed by atoms with Gasteiger partial charge in [-0.1, -0.05) is 17.4 Å². The number of aromatic nitrogens is 1. The Morgan fingerprint density at radius 3 is 2.57 bits per heavy atom. The number of benzene rings is 1. The van der Waals surface area contributed by atoms with Crippen LogP contribution in [0.2, 0.25) is 0 Å². The Bertz CT molecular complexity index is 879. The maximum absolute atomic E-state index is 13.0. The molecule has 2 heterocycles. The van der Waals surface area contributed by atoms with Gasteiger partial charge in [-0.25, -0.2) is 4.98 Å². The van der Waals surface area contributed by atoms with Crippen LogP contribution in [0.5, 0.6) is 5.75 Å². The summed E-state index contributed by atoms with van der Waals surface area (Å²) >= 11 is 1.39. The minimum absolute atomic E-state index is 0.169. The van der Waals surface area contributed by atoms with E-state index in [4.69, 9.17) is 4.74 Å².